The van der Waals surface area contributed by atoms with Gasteiger partial charge in [-0.3, -0.25) is 24.8 Å². The number of allylic oxidation sites excluding steroid dienone is 1. The zero-order valence-corrected chi connectivity index (χ0v) is 20.2. The number of carbonyl (C=O) groups is 3. The fourth-order valence-electron chi connectivity index (χ4n) is 4.80. The third kappa shape index (κ3) is 5.37. The van der Waals surface area contributed by atoms with E-state index in [-0.39, 0.29) is 17.6 Å². The van der Waals surface area contributed by atoms with Crippen LogP contribution >= 0.6 is 11.6 Å². The molecule has 2 aromatic carbocycles. The maximum Gasteiger partial charge on any atom is 0.265 e. The van der Waals surface area contributed by atoms with Crippen LogP contribution in [0.15, 0.2) is 78.6 Å². The van der Waals surface area contributed by atoms with E-state index in [4.69, 9.17) is 17.4 Å². The van der Waals surface area contributed by atoms with Gasteiger partial charge < -0.3 is 5.11 Å². The van der Waals surface area contributed by atoms with Crippen LogP contribution in [-0.2, 0) is 4.79 Å². The number of aliphatic hydroxyl groups is 1. The Hall–Kier alpha value is -3.81. The van der Waals surface area contributed by atoms with Crippen molar-refractivity contribution in [3.63, 3.8) is 0 Å². The summed E-state index contributed by atoms with van der Waals surface area (Å²) in [5.41, 5.74) is 4.87. The van der Waals surface area contributed by atoms with E-state index in [0.29, 0.717) is 28.2 Å². The van der Waals surface area contributed by atoms with E-state index in [2.05, 4.69) is 17.1 Å². The number of hydrogen-bond donors (Lipinski definition) is 3. The second-order valence-corrected chi connectivity index (χ2v) is 9.21. The zero-order chi connectivity index (χ0) is 25.7. The number of benzene rings is 2. The fraction of sp³-hybridized carbons (Fsp3) is 0.214. The molecule has 7 nitrogen and oxygen atoms in total. The Kier molecular flexibility index (Phi) is 7.93. The van der Waals surface area contributed by atoms with Crippen LogP contribution in [0.5, 0.6) is 0 Å². The molecule has 1 heterocycles. The maximum atomic E-state index is 12.6. The molecule has 2 aliphatic carbocycles. The summed E-state index contributed by atoms with van der Waals surface area (Å²) < 4.78 is 0. The Labute approximate surface area is 214 Å². The number of ketones is 2. The van der Waals surface area contributed by atoms with Crippen molar-refractivity contribution in [2.45, 2.75) is 31.6 Å². The lowest BCUT2D eigenvalue weighted by Gasteiger charge is -2.31. The highest BCUT2D eigenvalue weighted by Gasteiger charge is 2.38. The maximum absolute atomic E-state index is 12.6. The quantitative estimate of drug-likeness (QED) is 0.199. The zero-order valence-electron chi connectivity index (χ0n) is 19.5. The first-order valence-electron chi connectivity index (χ1n) is 11.7. The number of nitrogens with zero attached hydrogens (tertiary/aromatic N) is 1. The molecule has 1 amide bonds. The number of hydrazine groups is 1. The standard InChI is InChI=1S/C22H19ClO3.C6H7N3O/c23-16-11-9-14(10-12-16)13-5-7-15(8-6-13)19-20(24)17-3-1-2-4-18(17)21(25)22(19)26;7-9-6(10)5-1-3-8-4-2-5/h1-4,9-13,15,24H,5-8H2;1-4H,7H2,(H,9,10). The van der Waals surface area contributed by atoms with Gasteiger partial charge in [-0.2, -0.15) is 0 Å². The number of pyridine rings is 1. The lowest BCUT2D eigenvalue weighted by Crippen LogP contribution is -2.29. The van der Waals surface area contributed by atoms with E-state index in [1.54, 1.807) is 36.4 Å². The highest BCUT2D eigenvalue weighted by atomic mass is 35.5. The summed E-state index contributed by atoms with van der Waals surface area (Å²) >= 11 is 5.96. The third-order valence-electron chi connectivity index (χ3n) is 6.68. The topological polar surface area (TPSA) is 122 Å². The minimum absolute atomic E-state index is 0.0138. The number of aliphatic hydroxyl groups excluding tert-OH is 1. The summed E-state index contributed by atoms with van der Waals surface area (Å²) in [7, 11) is 0. The van der Waals surface area contributed by atoms with Gasteiger partial charge in [0.25, 0.3) is 5.91 Å². The van der Waals surface area contributed by atoms with Crippen LogP contribution in [0.2, 0.25) is 5.02 Å². The van der Waals surface area contributed by atoms with Crippen LogP contribution in [0.1, 0.15) is 63.4 Å². The van der Waals surface area contributed by atoms with Crippen LogP contribution in [0.25, 0.3) is 5.76 Å². The summed E-state index contributed by atoms with van der Waals surface area (Å²) in [5.74, 6) is 3.87. The van der Waals surface area contributed by atoms with Gasteiger partial charge in [-0.25, -0.2) is 5.84 Å². The molecule has 1 aromatic heterocycles. The van der Waals surface area contributed by atoms with Crippen LogP contribution in [-0.4, -0.2) is 27.6 Å². The molecule has 0 spiro atoms. The number of nitrogens with two attached hydrogens (primary N) is 1. The largest absolute Gasteiger partial charge is 0.507 e. The summed E-state index contributed by atoms with van der Waals surface area (Å²) in [4.78, 5) is 39.5. The van der Waals surface area contributed by atoms with Crippen molar-refractivity contribution in [2.24, 2.45) is 11.8 Å². The number of Topliss-reactive ketones (excluding diaryl/α,β-unsaturated/α-hetero) is 2. The fourth-order valence-corrected chi connectivity index (χ4v) is 4.93. The van der Waals surface area contributed by atoms with Crippen LogP contribution in [0, 0.1) is 5.92 Å². The number of hydrogen-bond acceptors (Lipinski definition) is 6. The number of rotatable bonds is 3. The van der Waals surface area contributed by atoms with E-state index in [1.807, 2.05) is 17.6 Å². The minimum atomic E-state index is -0.545. The van der Waals surface area contributed by atoms with Gasteiger partial charge in [0.1, 0.15) is 5.76 Å². The van der Waals surface area contributed by atoms with Gasteiger partial charge in [0.2, 0.25) is 11.6 Å². The van der Waals surface area contributed by atoms with Crippen molar-refractivity contribution in [1.29, 1.82) is 0 Å². The molecule has 1 fully saturated rings. The van der Waals surface area contributed by atoms with Gasteiger partial charge in [0.05, 0.1) is 0 Å². The monoisotopic (exact) mass is 503 g/mol. The predicted octanol–water partition coefficient (Wildman–Crippen LogP) is 5.03. The lowest BCUT2D eigenvalue weighted by atomic mass is 9.72. The van der Waals surface area contributed by atoms with E-state index < -0.39 is 11.6 Å². The molecule has 1 saturated carbocycles. The van der Waals surface area contributed by atoms with E-state index in [0.717, 1.165) is 30.7 Å². The number of fused-ring (bicyclic) bond motifs is 1. The van der Waals surface area contributed by atoms with Crippen LogP contribution in [0.4, 0.5) is 0 Å². The van der Waals surface area contributed by atoms with Gasteiger partial charge in [0.15, 0.2) is 0 Å². The number of nitrogens with one attached hydrogen (secondary N) is 1. The number of amides is 1. The van der Waals surface area contributed by atoms with Gasteiger partial charge in [0, 0.05) is 39.7 Å². The van der Waals surface area contributed by atoms with Crippen molar-refractivity contribution in [1.82, 2.24) is 10.4 Å². The predicted molar refractivity (Wildman–Crippen MR) is 137 cm³/mol. The number of halogens is 1. The van der Waals surface area contributed by atoms with Gasteiger partial charge in [-0.05, 0) is 67.3 Å². The second-order valence-electron chi connectivity index (χ2n) is 8.78. The van der Waals surface area contributed by atoms with Crippen molar-refractivity contribution >= 4 is 34.8 Å². The molecule has 2 aliphatic rings. The normalized spacial score (nSPS) is 19.2. The van der Waals surface area contributed by atoms with Crippen LogP contribution < -0.4 is 11.3 Å². The SMILES string of the molecule is NNC(=O)c1ccncc1.O=C1C(=O)c2ccccc2C(O)=C1C1CCC(c2ccc(Cl)cc2)CC1. The molecule has 184 valence electrons. The first-order valence-corrected chi connectivity index (χ1v) is 12.1. The molecule has 0 aliphatic heterocycles. The summed E-state index contributed by atoms with van der Waals surface area (Å²) in [6.07, 6.45) is 6.48. The smallest absolute Gasteiger partial charge is 0.265 e. The first-order chi connectivity index (χ1) is 17.4. The van der Waals surface area contributed by atoms with Gasteiger partial charge in [-0.1, -0.05) is 48.0 Å². The molecule has 4 N–H and O–H groups in total. The van der Waals surface area contributed by atoms with E-state index in [1.165, 1.54) is 18.0 Å². The van der Waals surface area contributed by atoms with Crippen molar-refractivity contribution in [3.8, 4) is 0 Å². The van der Waals surface area contributed by atoms with Crippen LogP contribution in [0.3, 0.4) is 0 Å². The molecular weight excluding hydrogens is 478 g/mol. The highest BCUT2D eigenvalue weighted by molar-refractivity contribution is 6.52. The van der Waals surface area contributed by atoms with Crippen molar-refractivity contribution < 1.29 is 19.5 Å². The summed E-state index contributed by atoms with van der Waals surface area (Å²) in [6, 6.07) is 17.9. The average Bonchev–Trinajstić information content (AvgIpc) is 2.93. The molecule has 5 rings (SSSR count). The highest BCUT2D eigenvalue weighted by Crippen LogP contribution is 2.42. The Balaban J connectivity index is 0.000000256. The lowest BCUT2D eigenvalue weighted by molar-refractivity contribution is -0.112. The molecular formula is C28H26ClN3O4. The Morgan fingerprint density at radius 3 is 2.06 bits per heavy atom. The van der Waals surface area contributed by atoms with Crippen molar-refractivity contribution in [3.05, 3.63) is 106 Å². The molecule has 3 aromatic rings. The average molecular weight is 504 g/mol. The Bertz CT molecular complexity index is 1300. The minimum Gasteiger partial charge on any atom is -0.507 e. The Morgan fingerprint density at radius 2 is 1.44 bits per heavy atom. The number of aromatic nitrogens is 1. The second kappa shape index (κ2) is 11.3. The van der Waals surface area contributed by atoms with Gasteiger partial charge >= 0.3 is 0 Å². The Morgan fingerprint density at radius 1 is 0.861 bits per heavy atom. The number of nitrogen functional groups attached to an aromatic ring is 1. The number of carbonyl (C=O) groups excluding carboxylic acids is 3. The van der Waals surface area contributed by atoms with Crippen molar-refractivity contribution in [2.75, 3.05) is 0 Å². The molecule has 0 unspecified atom stereocenters. The molecule has 0 atom stereocenters. The molecule has 36 heavy (non-hydrogen) atoms. The molecule has 8 heteroatoms. The summed E-state index contributed by atoms with van der Waals surface area (Å²) in [5, 5.41) is 11.4. The van der Waals surface area contributed by atoms with E-state index in [9.17, 15) is 19.5 Å². The molecule has 0 bridgehead atoms. The molecule has 0 radical (unpaired) electrons. The third-order valence-corrected chi connectivity index (χ3v) is 6.94. The molecule has 0 saturated heterocycles. The summed E-state index contributed by atoms with van der Waals surface area (Å²) in [6.45, 7) is 0. The van der Waals surface area contributed by atoms with E-state index >= 15 is 0 Å². The van der Waals surface area contributed by atoms with Gasteiger partial charge in [-0.15, -0.1) is 0 Å². The first kappa shape index (κ1) is 25.3.